The van der Waals surface area contributed by atoms with Crippen molar-refractivity contribution in [3.63, 3.8) is 0 Å². The van der Waals surface area contributed by atoms with Crippen LogP contribution in [0, 0.1) is 5.41 Å². The van der Waals surface area contributed by atoms with Crippen LogP contribution in [0.1, 0.15) is 31.9 Å². The second-order valence-corrected chi connectivity index (χ2v) is 6.01. The van der Waals surface area contributed by atoms with Gasteiger partial charge in [-0.25, -0.2) is 4.79 Å². The number of amides is 2. The Morgan fingerprint density at radius 3 is 2.95 bits per heavy atom. The Morgan fingerprint density at radius 1 is 1.60 bits per heavy atom. The number of hydrogen-bond acceptors (Lipinski definition) is 4. The summed E-state index contributed by atoms with van der Waals surface area (Å²) in [7, 11) is 0. The van der Waals surface area contributed by atoms with Gasteiger partial charge in [-0.1, -0.05) is 17.8 Å². The summed E-state index contributed by atoms with van der Waals surface area (Å²) in [6, 6.07) is -0.794. The van der Waals surface area contributed by atoms with Gasteiger partial charge in [-0.2, -0.15) is 0 Å². The lowest BCUT2D eigenvalue weighted by Gasteiger charge is -2.27. The fourth-order valence-electron chi connectivity index (χ4n) is 2.44. The van der Waals surface area contributed by atoms with Crippen molar-refractivity contribution in [1.29, 1.82) is 0 Å². The SMILES string of the molecule is CC1(C(=O)O)CCCC1NC(=O)NCc1csc(=O)[nH]1. The Kier molecular flexibility index (Phi) is 4.12. The smallest absolute Gasteiger partial charge is 0.315 e. The second-order valence-electron chi connectivity index (χ2n) is 5.17. The molecule has 110 valence electrons. The number of carbonyl (C=O) groups is 2. The lowest BCUT2D eigenvalue weighted by atomic mass is 9.85. The van der Waals surface area contributed by atoms with Crippen molar-refractivity contribution >= 4 is 23.3 Å². The molecule has 0 bridgehead atoms. The summed E-state index contributed by atoms with van der Waals surface area (Å²) in [6.07, 6.45) is 2.00. The predicted molar refractivity (Wildman–Crippen MR) is 73.7 cm³/mol. The van der Waals surface area contributed by atoms with E-state index in [0.29, 0.717) is 18.5 Å². The van der Waals surface area contributed by atoms with Crippen LogP contribution >= 0.6 is 11.3 Å². The zero-order valence-electron chi connectivity index (χ0n) is 11.1. The van der Waals surface area contributed by atoms with E-state index in [2.05, 4.69) is 15.6 Å². The van der Waals surface area contributed by atoms with Crippen LogP contribution in [0.25, 0.3) is 0 Å². The van der Waals surface area contributed by atoms with Gasteiger partial charge in [0.05, 0.1) is 12.0 Å². The van der Waals surface area contributed by atoms with Crippen LogP contribution in [-0.2, 0) is 11.3 Å². The molecular formula is C12H17N3O4S. The third kappa shape index (κ3) is 3.01. The van der Waals surface area contributed by atoms with Crippen LogP contribution < -0.4 is 15.5 Å². The summed E-state index contributed by atoms with van der Waals surface area (Å²) in [5, 5.41) is 16.2. The maximum atomic E-state index is 11.8. The minimum atomic E-state index is -0.909. The minimum absolute atomic E-state index is 0.170. The third-order valence-electron chi connectivity index (χ3n) is 3.76. The standard InChI is InChI=1S/C12H17N3O4S/c1-12(9(16)17)4-2-3-8(12)15-10(18)13-5-7-6-20-11(19)14-7/h6,8H,2-5H2,1H3,(H,14,19)(H,16,17)(H2,13,15,18). The first kappa shape index (κ1) is 14.6. The highest BCUT2D eigenvalue weighted by Gasteiger charge is 2.45. The van der Waals surface area contributed by atoms with Crippen LogP contribution in [0.15, 0.2) is 10.2 Å². The number of carbonyl (C=O) groups excluding carboxylic acids is 1. The zero-order valence-corrected chi connectivity index (χ0v) is 11.9. The molecule has 7 nitrogen and oxygen atoms in total. The maximum Gasteiger partial charge on any atom is 0.315 e. The molecule has 4 N–H and O–H groups in total. The Hall–Kier alpha value is -1.83. The first-order valence-electron chi connectivity index (χ1n) is 6.36. The minimum Gasteiger partial charge on any atom is -0.481 e. The number of carboxylic acids is 1. The van der Waals surface area contributed by atoms with Gasteiger partial charge in [0.1, 0.15) is 0 Å². The van der Waals surface area contributed by atoms with Gasteiger partial charge in [-0.05, 0) is 19.8 Å². The van der Waals surface area contributed by atoms with Gasteiger partial charge in [0, 0.05) is 17.1 Å². The molecule has 0 spiro atoms. The van der Waals surface area contributed by atoms with Gasteiger partial charge in [0.2, 0.25) is 0 Å². The molecule has 1 heterocycles. The number of thiazole rings is 1. The average molecular weight is 299 g/mol. The first-order valence-corrected chi connectivity index (χ1v) is 7.24. The molecule has 1 fully saturated rings. The van der Waals surface area contributed by atoms with Crippen LogP contribution in [0.2, 0.25) is 0 Å². The van der Waals surface area contributed by atoms with Gasteiger partial charge in [0.25, 0.3) is 0 Å². The van der Waals surface area contributed by atoms with Crippen LogP contribution in [-0.4, -0.2) is 28.1 Å². The van der Waals surface area contributed by atoms with Gasteiger partial charge in [0.15, 0.2) is 0 Å². The molecule has 8 heteroatoms. The molecule has 0 aliphatic heterocycles. The van der Waals surface area contributed by atoms with Crippen LogP contribution in [0.5, 0.6) is 0 Å². The van der Waals surface area contributed by atoms with Crippen molar-refractivity contribution in [3.05, 3.63) is 20.7 Å². The maximum absolute atomic E-state index is 11.8. The van der Waals surface area contributed by atoms with Crippen molar-refractivity contribution in [2.45, 2.75) is 38.8 Å². The highest BCUT2D eigenvalue weighted by atomic mass is 32.1. The van der Waals surface area contributed by atoms with Crippen molar-refractivity contribution < 1.29 is 14.7 Å². The Labute approximate surface area is 119 Å². The number of carboxylic acid groups (broad SMARTS) is 1. The molecular weight excluding hydrogens is 282 g/mol. The topological polar surface area (TPSA) is 111 Å². The molecule has 1 aromatic rings. The van der Waals surface area contributed by atoms with E-state index in [0.717, 1.165) is 17.8 Å². The van der Waals surface area contributed by atoms with Crippen molar-refractivity contribution in [2.24, 2.45) is 5.41 Å². The number of aromatic nitrogens is 1. The van der Waals surface area contributed by atoms with Gasteiger partial charge >= 0.3 is 16.9 Å². The number of urea groups is 1. The number of hydrogen-bond donors (Lipinski definition) is 4. The summed E-state index contributed by atoms with van der Waals surface area (Å²) in [6.45, 7) is 1.87. The summed E-state index contributed by atoms with van der Waals surface area (Å²) in [4.78, 5) is 36.4. The normalized spacial score (nSPS) is 25.4. The molecule has 0 saturated heterocycles. The van der Waals surface area contributed by atoms with E-state index in [1.807, 2.05) is 0 Å². The third-order valence-corrected chi connectivity index (χ3v) is 4.48. The molecule has 2 amide bonds. The highest BCUT2D eigenvalue weighted by Crippen LogP contribution is 2.38. The number of nitrogens with one attached hydrogen (secondary N) is 3. The van der Waals surface area contributed by atoms with E-state index in [1.165, 1.54) is 0 Å². The molecule has 1 aliphatic rings. The number of aliphatic carboxylic acids is 1. The van der Waals surface area contributed by atoms with Crippen LogP contribution in [0.4, 0.5) is 4.79 Å². The second kappa shape index (κ2) is 5.66. The summed E-state index contributed by atoms with van der Waals surface area (Å²) in [5.74, 6) is -0.887. The zero-order chi connectivity index (χ0) is 14.8. The first-order chi connectivity index (χ1) is 9.41. The van der Waals surface area contributed by atoms with Gasteiger partial charge < -0.3 is 20.7 Å². The number of rotatable bonds is 4. The fraction of sp³-hybridized carbons (Fsp3) is 0.583. The van der Waals surface area contributed by atoms with Gasteiger partial charge in [-0.3, -0.25) is 9.59 Å². The summed E-state index contributed by atoms with van der Waals surface area (Å²) < 4.78 is 0. The predicted octanol–water partition coefficient (Wildman–Crippen LogP) is 0.879. The summed E-state index contributed by atoms with van der Waals surface area (Å²) >= 11 is 1.03. The molecule has 0 radical (unpaired) electrons. The monoisotopic (exact) mass is 299 g/mol. The lowest BCUT2D eigenvalue weighted by molar-refractivity contribution is -0.148. The van der Waals surface area contributed by atoms with E-state index >= 15 is 0 Å². The number of aromatic amines is 1. The van der Waals surface area contributed by atoms with E-state index < -0.39 is 17.4 Å². The van der Waals surface area contributed by atoms with E-state index in [-0.39, 0.29) is 17.5 Å². The molecule has 2 unspecified atom stereocenters. The number of H-pyrrole nitrogens is 1. The van der Waals surface area contributed by atoms with Gasteiger partial charge in [-0.15, -0.1) is 0 Å². The van der Waals surface area contributed by atoms with Crippen molar-refractivity contribution in [1.82, 2.24) is 15.6 Å². The molecule has 1 aromatic heterocycles. The van der Waals surface area contributed by atoms with Crippen molar-refractivity contribution in [3.8, 4) is 0 Å². The Bertz CT molecular complexity index is 567. The van der Waals surface area contributed by atoms with Crippen LogP contribution in [0.3, 0.4) is 0 Å². The molecule has 0 aromatic carbocycles. The summed E-state index contributed by atoms with van der Waals surface area (Å²) in [5.41, 5.74) is -0.281. The molecule has 1 saturated carbocycles. The quantitative estimate of drug-likeness (QED) is 0.661. The van der Waals surface area contributed by atoms with E-state index in [1.54, 1.807) is 12.3 Å². The Morgan fingerprint density at radius 2 is 2.35 bits per heavy atom. The van der Waals surface area contributed by atoms with Crippen molar-refractivity contribution in [2.75, 3.05) is 0 Å². The highest BCUT2D eigenvalue weighted by molar-refractivity contribution is 7.07. The average Bonchev–Trinajstić information content (AvgIpc) is 2.95. The molecule has 1 aliphatic carbocycles. The molecule has 2 atom stereocenters. The lowest BCUT2D eigenvalue weighted by Crippen LogP contribution is -2.50. The molecule has 20 heavy (non-hydrogen) atoms. The fourth-order valence-corrected chi connectivity index (χ4v) is 3.02. The molecule has 2 rings (SSSR count). The largest absolute Gasteiger partial charge is 0.481 e. The van der Waals surface area contributed by atoms with E-state index in [9.17, 15) is 19.5 Å². The Balaban J connectivity index is 1.88. The van der Waals surface area contributed by atoms with E-state index in [4.69, 9.17) is 0 Å².